The smallest absolute Gasteiger partial charge is 0.0713 e. The SMILES string of the molecule is CCN[C@@](C)(CO)C(C)O. The van der Waals surface area contributed by atoms with Gasteiger partial charge in [-0.05, 0) is 20.4 Å². The third-order valence-corrected chi connectivity index (χ3v) is 1.83. The summed E-state index contributed by atoms with van der Waals surface area (Å²) >= 11 is 0. The second-order valence-corrected chi connectivity index (χ2v) is 2.78. The highest BCUT2D eigenvalue weighted by atomic mass is 16.3. The number of rotatable bonds is 4. The van der Waals surface area contributed by atoms with Crippen LogP contribution in [-0.2, 0) is 0 Å². The fourth-order valence-electron chi connectivity index (χ4n) is 0.740. The van der Waals surface area contributed by atoms with Crippen LogP contribution in [0.4, 0.5) is 0 Å². The zero-order valence-electron chi connectivity index (χ0n) is 6.89. The summed E-state index contributed by atoms with van der Waals surface area (Å²) in [5.74, 6) is 0. The average molecular weight is 147 g/mol. The predicted molar refractivity (Wildman–Crippen MR) is 40.8 cm³/mol. The van der Waals surface area contributed by atoms with Crippen molar-refractivity contribution in [3.8, 4) is 0 Å². The molecular formula is C7H17NO2. The summed E-state index contributed by atoms with van der Waals surface area (Å²) < 4.78 is 0. The molecule has 0 spiro atoms. The molecule has 0 heterocycles. The van der Waals surface area contributed by atoms with Crippen molar-refractivity contribution in [3.63, 3.8) is 0 Å². The topological polar surface area (TPSA) is 52.5 Å². The van der Waals surface area contributed by atoms with Gasteiger partial charge < -0.3 is 15.5 Å². The molecule has 3 heteroatoms. The summed E-state index contributed by atoms with van der Waals surface area (Å²) in [6, 6.07) is 0. The Balaban J connectivity index is 3.94. The van der Waals surface area contributed by atoms with E-state index in [0.717, 1.165) is 6.54 Å². The summed E-state index contributed by atoms with van der Waals surface area (Å²) in [4.78, 5) is 0. The zero-order valence-corrected chi connectivity index (χ0v) is 6.89. The Labute approximate surface area is 62.1 Å². The third kappa shape index (κ3) is 2.25. The lowest BCUT2D eigenvalue weighted by atomic mass is 9.97. The van der Waals surface area contributed by atoms with Gasteiger partial charge >= 0.3 is 0 Å². The highest BCUT2D eigenvalue weighted by Crippen LogP contribution is 2.07. The van der Waals surface area contributed by atoms with Gasteiger partial charge in [0.15, 0.2) is 0 Å². The number of nitrogens with one attached hydrogen (secondary N) is 1. The van der Waals surface area contributed by atoms with E-state index < -0.39 is 11.6 Å². The molecule has 0 bridgehead atoms. The molecule has 62 valence electrons. The van der Waals surface area contributed by atoms with E-state index in [2.05, 4.69) is 5.32 Å². The molecule has 0 aromatic carbocycles. The van der Waals surface area contributed by atoms with Crippen LogP contribution in [0, 0.1) is 0 Å². The minimum absolute atomic E-state index is 0.0431. The molecule has 0 saturated heterocycles. The van der Waals surface area contributed by atoms with Crippen molar-refractivity contribution in [2.45, 2.75) is 32.4 Å². The van der Waals surface area contributed by atoms with E-state index in [-0.39, 0.29) is 6.61 Å². The van der Waals surface area contributed by atoms with Gasteiger partial charge in [0.25, 0.3) is 0 Å². The Bertz CT molecular complexity index is 95.6. The predicted octanol–water partition coefficient (Wildman–Crippen LogP) is -0.272. The van der Waals surface area contributed by atoms with Crippen molar-refractivity contribution >= 4 is 0 Å². The van der Waals surface area contributed by atoms with E-state index in [4.69, 9.17) is 5.11 Å². The van der Waals surface area contributed by atoms with Gasteiger partial charge in [-0.15, -0.1) is 0 Å². The first kappa shape index (κ1) is 9.88. The molecule has 3 N–H and O–H groups in total. The summed E-state index contributed by atoms with van der Waals surface area (Å²) in [6.45, 7) is 6.11. The van der Waals surface area contributed by atoms with Gasteiger partial charge in [-0.2, -0.15) is 0 Å². The molecule has 0 fully saturated rings. The first-order chi connectivity index (χ1) is 4.56. The summed E-state index contributed by atoms with van der Waals surface area (Å²) in [7, 11) is 0. The highest BCUT2D eigenvalue weighted by molar-refractivity contribution is 4.86. The third-order valence-electron chi connectivity index (χ3n) is 1.83. The lowest BCUT2D eigenvalue weighted by molar-refractivity contribution is 0.0428. The van der Waals surface area contributed by atoms with Crippen molar-refractivity contribution in [1.82, 2.24) is 5.32 Å². The van der Waals surface area contributed by atoms with Gasteiger partial charge in [0.2, 0.25) is 0 Å². The van der Waals surface area contributed by atoms with Gasteiger partial charge in [-0.25, -0.2) is 0 Å². The Morgan fingerprint density at radius 3 is 2.20 bits per heavy atom. The van der Waals surface area contributed by atoms with Crippen LogP contribution in [0.2, 0.25) is 0 Å². The largest absolute Gasteiger partial charge is 0.394 e. The minimum atomic E-state index is -0.547. The first-order valence-electron chi connectivity index (χ1n) is 3.60. The molecule has 2 atom stereocenters. The summed E-state index contributed by atoms with van der Waals surface area (Å²) in [5.41, 5.74) is -0.547. The lowest BCUT2D eigenvalue weighted by Crippen LogP contribution is -2.53. The maximum atomic E-state index is 9.18. The Hall–Kier alpha value is -0.120. The summed E-state index contributed by atoms with van der Waals surface area (Å²) in [6.07, 6.45) is -0.530. The maximum absolute atomic E-state index is 9.18. The van der Waals surface area contributed by atoms with E-state index >= 15 is 0 Å². The van der Waals surface area contributed by atoms with Crippen LogP contribution >= 0.6 is 0 Å². The normalized spacial score (nSPS) is 20.1. The van der Waals surface area contributed by atoms with Crippen LogP contribution in [0.1, 0.15) is 20.8 Å². The lowest BCUT2D eigenvalue weighted by Gasteiger charge is -2.31. The van der Waals surface area contributed by atoms with Crippen LogP contribution in [0.5, 0.6) is 0 Å². The Morgan fingerprint density at radius 2 is 2.10 bits per heavy atom. The van der Waals surface area contributed by atoms with Crippen molar-refractivity contribution in [3.05, 3.63) is 0 Å². The fraction of sp³-hybridized carbons (Fsp3) is 1.00. The average Bonchev–Trinajstić information content (AvgIpc) is 1.88. The molecule has 1 unspecified atom stereocenters. The number of hydrogen-bond donors (Lipinski definition) is 3. The van der Waals surface area contributed by atoms with Crippen molar-refractivity contribution in [2.24, 2.45) is 0 Å². The van der Waals surface area contributed by atoms with Crippen LogP contribution in [-0.4, -0.2) is 35.0 Å². The van der Waals surface area contributed by atoms with Crippen LogP contribution < -0.4 is 5.32 Å². The molecular weight excluding hydrogens is 130 g/mol. The fourth-order valence-corrected chi connectivity index (χ4v) is 0.740. The monoisotopic (exact) mass is 147 g/mol. The van der Waals surface area contributed by atoms with E-state index in [9.17, 15) is 5.11 Å². The first-order valence-corrected chi connectivity index (χ1v) is 3.60. The quantitative estimate of drug-likeness (QED) is 0.513. The minimum Gasteiger partial charge on any atom is -0.394 e. The molecule has 3 nitrogen and oxygen atoms in total. The number of likely N-dealkylation sites (N-methyl/N-ethyl adjacent to an activating group) is 1. The molecule has 0 saturated carbocycles. The standard InChI is InChI=1S/C7H17NO2/c1-4-8-7(3,5-9)6(2)10/h6,8-10H,4-5H2,1-3H3/t6?,7-/m0/s1. The van der Waals surface area contributed by atoms with Gasteiger partial charge in [-0.3, -0.25) is 0 Å². The number of aliphatic hydroxyl groups excluding tert-OH is 2. The Kier molecular flexibility index (Phi) is 3.86. The molecule has 0 radical (unpaired) electrons. The Morgan fingerprint density at radius 1 is 1.60 bits per heavy atom. The van der Waals surface area contributed by atoms with Gasteiger partial charge in [0, 0.05) is 0 Å². The molecule has 0 aliphatic rings. The summed E-state index contributed by atoms with van der Waals surface area (Å²) in [5, 5.41) is 21.1. The van der Waals surface area contributed by atoms with E-state index in [1.165, 1.54) is 0 Å². The van der Waals surface area contributed by atoms with E-state index in [1.807, 2.05) is 6.92 Å². The highest BCUT2D eigenvalue weighted by Gasteiger charge is 2.27. The zero-order chi connectivity index (χ0) is 8.20. The molecule has 0 rings (SSSR count). The van der Waals surface area contributed by atoms with Gasteiger partial charge in [0.1, 0.15) is 0 Å². The van der Waals surface area contributed by atoms with Gasteiger partial charge in [0.05, 0.1) is 18.2 Å². The molecule has 0 aliphatic carbocycles. The van der Waals surface area contributed by atoms with Crippen molar-refractivity contribution in [1.29, 1.82) is 0 Å². The van der Waals surface area contributed by atoms with Crippen LogP contribution in [0.25, 0.3) is 0 Å². The van der Waals surface area contributed by atoms with Crippen molar-refractivity contribution in [2.75, 3.05) is 13.2 Å². The molecule has 0 amide bonds. The second-order valence-electron chi connectivity index (χ2n) is 2.78. The van der Waals surface area contributed by atoms with E-state index in [0.29, 0.717) is 0 Å². The van der Waals surface area contributed by atoms with Crippen LogP contribution in [0.15, 0.2) is 0 Å². The molecule has 0 aromatic rings. The second kappa shape index (κ2) is 3.91. The molecule has 0 aliphatic heterocycles. The number of hydrogen-bond acceptors (Lipinski definition) is 3. The van der Waals surface area contributed by atoms with Crippen LogP contribution in [0.3, 0.4) is 0 Å². The van der Waals surface area contributed by atoms with E-state index in [1.54, 1.807) is 13.8 Å². The number of aliphatic hydroxyl groups is 2. The van der Waals surface area contributed by atoms with Crippen molar-refractivity contribution < 1.29 is 10.2 Å². The van der Waals surface area contributed by atoms with Gasteiger partial charge in [-0.1, -0.05) is 6.92 Å². The molecule has 0 aromatic heterocycles. The molecule has 10 heavy (non-hydrogen) atoms. The maximum Gasteiger partial charge on any atom is 0.0713 e.